The van der Waals surface area contributed by atoms with Crippen molar-refractivity contribution in [2.45, 2.75) is 13.0 Å². The van der Waals surface area contributed by atoms with Crippen LogP contribution in [0.4, 0.5) is 5.69 Å². The van der Waals surface area contributed by atoms with Crippen molar-refractivity contribution in [2.24, 2.45) is 11.0 Å². The Kier molecular flexibility index (Phi) is 6.27. The average molecular weight is 428 g/mol. The molecule has 2 unspecified atom stereocenters. The van der Waals surface area contributed by atoms with E-state index in [0.717, 1.165) is 11.3 Å². The fourth-order valence-corrected chi connectivity index (χ4v) is 3.67. The van der Waals surface area contributed by atoms with Gasteiger partial charge in [0.2, 0.25) is 0 Å². The van der Waals surface area contributed by atoms with E-state index in [0.29, 0.717) is 20.8 Å². The second-order valence-electron chi connectivity index (χ2n) is 6.20. The quantitative estimate of drug-likeness (QED) is 0.679. The summed E-state index contributed by atoms with van der Waals surface area (Å²) in [5, 5.41) is 16.9. The largest absolute Gasteiger partial charge is 0.480 e. The molecule has 0 bridgehead atoms. The lowest BCUT2D eigenvalue weighted by Gasteiger charge is -2.27. The molecule has 2 atom stereocenters. The van der Waals surface area contributed by atoms with E-state index in [1.165, 1.54) is 0 Å². The lowest BCUT2D eigenvalue weighted by atomic mass is 9.91. The molecule has 27 heavy (non-hydrogen) atoms. The normalized spacial score (nSPS) is 19.3. The molecule has 0 aliphatic carbocycles. The molecule has 1 aliphatic rings. The van der Waals surface area contributed by atoms with Crippen molar-refractivity contribution in [2.75, 3.05) is 18.2 Å². The van der Waals surface area contributed by atoms with Gasteiger partial charge in [0.25, 0.3) is 0 Å². The number of carboxylic acids is 1. The molecule has 0 saturated carbocycles. The van der Waals surface area contributed by atoms with Gasteiger partial charge in [0.15, 0.2) is 0 Å². The first-order valence-electron chi connectivity index (χ1n) is 8.23. The summed E-state index contributed by atoms with van der Waals surface area (Å²) in [7, 11) is 0. The Morgan fingerprint density at radius 1 is 1.15 bits per heavy atom. The van der Waals surface area contributed by atoms with Gasteiger partial charge >= 0.3 is 5.97 Å². The minimum Gasteiger partial charge on any atom is -0.480 e. The van der Waals surface area contributed by atoms with Crippen molar-refractivity contribution in [1.82, 2.24) is 0 Å². The third kappa shape index (κ3) is 4.55. The number of hydrogen-bond donors (Lipinski definition) is 1. The number of hydrazone groups is 1. The zero-order chi connectivity index (χ0) is 19.6. The minimum atomic E-state index is -1.02. The predicted octanol–water partition coefficient (Wildman–Crippen LogP) is 5.30. The van der Waals surface area contributed by atoms with Gasteiger partial charge in [-0.15, -0.1) is 0 Å². The molecule has 1 N–H and O–H groups in total. The van der Waals surface area contributed by atoms with Crippen LogP contribution in [0.3, 0.4) is 0 Å². The van der Waals surface area contributed by atoms with E-state index in [4.69, 9.17) is 44.6 Å². The maximum atomic E-state index is 10.7. The zero-order valence-electron chi connectivity index (χ0n) is 14.4. The van der Waals surface area contributed by atoms with E-state index >= 15 is 0 Å². The van der Waals surface area contributed by atoms with Crippen LogP contribution >= 0.6 is 34.8 Å². The zero-order valence-corrected chi connectivity index (χ0v) is 16.7. The Labute approximate surface area is 172 Å². The molecule has 1 heterocycles. The molecule has 5 nitrogen and oxygen atoms in total. The minimum absolute atomic E-state index is 0.0216. The van der Waals surface area contributed by atoms with Gasteiger partial charge in [-0.2, -0.15) is 5.10 Å². The summed E-state index contributed by atoms with van der Waals surface area (Å²) in [6.45, 7) is 1.77. The average Bonchev–Trinajstić information content (AvgIpc) is 2.92. The third-order valence-electron chi connectivity index (χ3n) is 4.34. The molecule has 1 aliphatic heterocycles. The standard InChI is InChI=1S/C19H17Cl3N2O3/c1-11-16(9-27-10-18(25)26)23-24(17-7-6-14(21)8-15(17)22)19(11)12-2-4-13(20)5-3-12/h2-8,11,19H,9-10H2,1H3,(H,25,26). The van der Waals surface area contributed by atoms with Gasteiger partial charge < -0.3 is 9.84 Å². The molecular formula is C19H17Cl3N2O3. The molecule has 0 saturated heterocycles. The molecule has 2 aromatic rings. The lowest BCUT2D eigenvalue weighted by Crippen LogP contribution is -2.25. The van der Waals surface area contributed by atoms with Gasteiger partial charge in [0.1, 0.15) is 6.61 Å². The van der Waals surface area contributed by atoms with Crippen LogP contribution in [-0.2, 0) is 9.53 Å². The molecule has 0 amide bonds. The van der Waals surface area contributed by atoms with Crippen LogP contribution in [0.1, 0.15) is 18.5 Å². The van der Waals surface area contributed by atoms with Gasteiger partial charge in [-0.05, 0) is 35.9 Å². The summed E-state index contributed by atoms with van der Waals surface area (Å²) >= 11 is 18.4. The summed E-state index contributed by atoms with van der Waals surface area (Å²) in [6.07, 6.45) is 0. The molecule has 3 rings (SSSR count). The fraction of sp³-hybridized carbons (Fsp3) is 0.263. The van der Waals surface area contributed by atoms with Crippen LogP contribution < -0.4 is 5.01 Å². The summed E-state index contributed by atoms with van der Waals surface area (Å²) < 4.78 is 5.25. The van der Waals surface area contributed by atoms with E-state index in [-0.39, 0.29) is 25.2 Å². The second-order valence-corrected chi connectivity index (χ2v) is 7.48. The van der Waals surface area contributed by atoms with Gasteiger partial charge in [-0.25, -0.2) is 4.79 Å². The Hall–Kier alpha value is -1.79. The highest BCUT2D eigenvalue weighted by Gasteiger charge is 2.37. The maximum Gasteiger partial charge on any atom is 0.329 e. The molecule has 2 aromatic carbocycles. The number of benzene rings is 2. The van der Waals surface area contributed by atoms with Crippen LogP contribution in [0, 0.1) is 5.92 Å². The number of ether oxygens (including phenoxy) is 1. The maximum absolute atomic E-state index is 10.7. The van der Waals surface area contributed by atoms with Crippen molar-refractivity contribution < 1.29 is 14.6 Å². The number of halogens is 3. The van der Waals surface area contributed by atoms with Crippen molar-refractivity contribution in [3.63, 3.8) is 0 Å². The third-order valence-corrected chi connectivity index (χ3v) is 5.13. The number of nitrogens with zero attached hydrogens (tertiary/aromatic N) is 2. The number of rotatable bonds is 6. The van der Waals surface area contributed by atoms with E-state index < -0.39 is 5.97 Å². The van der Waals surface area contributed by atoms with Crippen molar-refractivity contribution >= 4 is 52.2 Å². The van der Waals surface area contributed by atoms with Crippen LogP contribution in [0.25, 0.3) is 0 Å². The highest BCUT2D eigenvalue weighted by atomic mass is 35.5. The van der Waals surface area contributed by atoms with Gasteiger partial charge in [0.05, 0.1) is 29.1 Å². The summed E-state index contributed by atoms with van der Waals surface area (Å²) in [6, 6.07) is 12.6. The Morgan fingerprint density at radius 3 is 2.44 bits per heavy atom. The first kappa shape index (κ1) is 20.0. The highest BCUT2D eigenvalue weighted by Crippen LogP contribution is 2.42. The number of anilines is 1. The summed E-state index contributed by atoms with van der Waals surface area (Å²) in [4.78, 5) is 10.7. The van der Waals surface area contributed by atoms with Crippen molar-refractivity contribution in [3.05, 3.63) is 63.1 Å². The van der Waals surface area contributed by atoms with E-state index in [1.54, 1.807) is 12.1 Å². The van der Waals surface area contributed by atoms with Crippen LogP contribution in [-0.4, -0.2) is 30.0 Å². The molecular weight excluding hydrogens is 411 g/mol. The monoisotopic (exact) mass is 426 g/mol. The first-order valence-corrected chi connectivity index (χ1v) is 9.37. The Morgan fingerprint density at radius 2 is 1.81 bits per heavy atom. The van der Waals surface area contributed by atoms with E-state index in [2.05, 4.69) is 5.10 Å². The Balaban J connectivity index is 1.96. The molecule has 0 spiro atoms. The Bertz CT molecular complexity index is 871. The SMILES string of the molecule is CC1C(COCC(=O)O)=NN(c2ccc(Cl)cc2Cl)C1c1ccc(Cl)cc1. The van der Waals surface area contributed by atoms with Crippen molar-refractivity contribution in [3.8, 4) is 0 Å². The van der Waals surface area contributed by atoms with E-state index in [1.807, 2.05) is 42.3 Å². The topological polar surface area (TPSA) is 62.1 Å². The fourth-order valence-electron chi connectivity index (χ4n) is 3.05. The predicted molar refractivity (Wildman–Crippen MR) is 108 cm³/mol. The van der Waals surface area contributed by atoms with Crippen LogP contribution in [0.2, 0.25) is 15.1 Å². The number of carbonyl (C=O) groups is 1. The van der Waals surface area contributed by atoms with Crippen molar-refractivity contribution in [1.29, 1.82) is 0 Å². The highest BCUT2D eigenvalue weighted by molar-refractivity contribution is 6.36. The number of hydrogen-bond acceptors (Lipinski definition) is 4. The van der Waals surface area contributed by atoms with Gasteiger partial charge in [0, 0.05) is 16.0 Å². The second kappa shape index (κ2) is 8.48. The van der Waals surface area contributed by atoms with Crippen LogP contribution in [0.15, 0.2) is 47.6 Å². The summed E-state index contributed by atoms with van der Waals surface area (Å²) in [5.74, 6) is -1.04. The number of aliphatic carboxylic acids is 1. The first-order chi connectivity index (χ1) is 12.9. The summed E-state index contributed by atoms with van der Waals surface area (Å²) in [5.41, 5.74) is 2.46. The molecule has 0 radical (unpaired) electrons. The van der Waals surface area contributed by atoms with E-state index in [9.17, 15) is 4.79 Å². The van der Waals surface area contributed by atoms with Gasteiger partial charge in [-0.3, -0.25) is 5.01 Å². The smallest absolute Gasteiger partial charge is 0.329 e. The molecule has 142 valence electrons. The van der Waals surface area contributed by atoms with Gasteiger partial charge in [-0.1, -0.05) is 53.9 Å². The lowest BCUT2D eigenvalue weighted by molar-refractivity contribution is -0.141. The molecule has 0 fully saturated rings. The van der Waals surface area contributed by atoms with Crippen LogP contribution in [0.5, 0.6) is 0 Å². The molecule has 8 heteroatoms. The molecule has 0 aromatic heterocycles. The number of carboxylic acid groups (broad SMARTS) is 1.